The molecule has 9 aromatic carbocycles. The van der Waals surface area contributed by atoms with E-state index in [0.29, 0.717) is 0 Å². The van der Waals surface area contributed by atoms with Crippen LogP contribution in [0.5, 0.6) is 0 Å². The molecule has 0 N–H and O–H groups in total. The Bertz CT molecular complexity index is 3750. The molecule has 5 heteroatoms. The lowest BCUT2D eigenvalue weighted by Crippen LogP contribution is -2.13. The lowest BCUT2D eigenvalue weighted by atomic mass is 9.98. The van der Waals surface area contributed by atoms with E-state index in [9.17, 15) is 0 Å². The smallest absolute Gasteiger partial charge is 0.0543 e. The third-order valence-corrected chi connectivity index (χ3v) is 15.3. The molecule has 1 aliphatic carbocycles. The van der Waals surface area contributed by atoms with Crippen LogP contribution < -0.4 is 9.80 Å². The molecule has 0 fully saturated rings. The van der Waals surface area contributed by atoms with Crippen molar-refractivity contribution in [2.45, 2.75) is 12.8 Å². The summed E-state index contributed by atoms with van der Waals surface area (Å²) in [6.45, 7) is 0. The molecule has 0 radical (unpaired) electrons. The van der Waals surface area contributed by atoms with Gasteiger partial charge in [-0.3, -0.25) is 0 Å². The summed E-state index contributed by atoms with van der Waals surface area (Å²) in [7, 11) is 0. The highest BCUT2D eigenvalue weighted by molar-refractivity contribution is 7.26. The van der Waals surface area contributed by atoms with Crippen molar-refractivity contribution in [3.05, 3.63) is 230 Å². The third-order valence-electron chi connectivity index (χ3n) is 13.0. The van der Waals surface area contributed by atoms with Crippen LogP contribution in [0.3, 0.4) is 0 Å². The average molecular weight is 868 g/mol. The van der Waals surface area contributed by atoms with Crippen LogP contribution in [0, 0.1) is 0 Å². The van der Waals surface area contributed by atoms with Crippen LogP contribution in [0.4, 0.5) is 34.1 Å². The van der Waals surface area contributed by atoms with Crippen LogP contribution in [0.1, 0.15) is 17.7 Å². The van der Waals surface area contributed by atoms with Gasteiger partial charge in [-0.05, 0) is 151 Å². The third kappa shape index (κ3) is 6.46. The fraction of sp³-hybridized carbons (Fsp3) is 0.0333. The number of thiophene rings is 2. The number of hydrogen-bond acceptors (Lipinski definition) is 4. The number of para-hydroxylation sites is 3. The van der Waals surface area contributed by atoms with E-state index in [0.717, 1.165) is 47.0 Å². The first-order valence-corrected chi connectivity index (χ1v) is 23.9. The number of rotatable bonds is 8. The average Bonchev–Trinajstić information content (AvgIpc) is 4.04. The van der Waals surface area contributed by atoms with E-state index >= 15 is 0 Å². The van der Waals surface area contributed by atoms with Gasteiger partial charge >= 0.3 is 0 Å². The normalized spacial score (nSPS) is 12.4. The van der Waals surface area contributed by atoms with Crippen molar-refractivity contribution in [1.82, 2.24) is 4.57 Å². The summed E-state index contributed by atoms with van der Waals surface area (Å²) < 4.78 is 7.62. The van der Waals surface area contributed by atoms with E-state index in [2.05, 4.69) is 239 Å². The zero-order valence-electron chi connectivity index (χ0n) is 35.4. The lowest BCUT2D eigenvalue weighted by Gasteiger charge is -2.29. The Morgan fingerprint density at radius 2 is 0.877 bits per heavy atom. The number of anilines is 6. The first-order valence-electron chi connectivity index (χ1n) is 22.3. The molecule has 0 aliphatic heterocycles. The maximum absolute atomic E-state index is 2.45. The molecule has 3 nitrogen and oxygen atoms in total. The maximum atomic E-state index is 2.45. The standard InChI is InChI=1S/C60H41N3S2/c1-4-15-42(16-5-1)61(43-17-6-2-7-18-43)45-21-14-22-46(37-45)62(47-29-33-59-53(38-47)51-24-11-13-26-57(51)64-59)48-30-34-60-54(39-48)52-35-40(28-32-58(52)65-60)41-27-31-50-49-23-10-12-25-55(49)63(56(50)36-41)44-19-8-3-9-20-44/h1-9,11-22,24-39H,10,23H2. The first kappa shape index (κ1) is 37.8. The summed E-state index contributed by atoms with van der Waals surface area (Å²) in [5.41, 5.74) is 14.3. The number of hydrogen-bond donors (Lipinski definition) is 0. The van der Waals surface area contributed by atoms with Gasteiger partial charge in [-0.1, -0.05) is 103 Å². The number of aryl methyl sites for hydroxylation is 1. The Labute approximate surface area is 385 Å². The molecule has 65 heavy (non-hydrogen) atoms. The second kappa shape index (κ2) is 15.5. The number of aromatic nitrogens is 1. The minimum absolute atomic E-state index is 1.06. The van der Waals surface area contributed by atoms with Crippen molar-refractivity contribution in [3.63, 3.8) is 0 Å². The van der Waals surface area contributed by atoms with Crippen molar-refractivity contribution in [2.75, 3.05) is 9.80 Å². The van der Waals surface area contributed by atoms with Gasteiger partial charge in [0.2, 0.25) is 0 Å². The second-order valence-electron chi connectivity index (χ2n) is 16.8. The summed E-state index contributed by atoms with van der Waals surface area (Å²) in [5.74, 6) is 0. The number of fused-ring (bicyclic) bond motifs is 9. The van der Waals surface area contributed by atoms with Crippen LogP contribution >= 0.6 is 22.7 Å². The molecule has 0 atom stereocenters. The number of nitrogens with zero attached hydrogens (tertiary/aromatic N) is 3. The minimum Gasteiger partial charge on any atom is -0.310 e. The molecule has 308 valence electrons. The van der Waals surface area contributed by atoms with Crippen LogP contribution in [0.25, 0.3) is 74.1 Å². The fourth-order valence-electron chi connectivity index (χ4n) is 10.0. The zero-order valence-corrected chi connectivity index (χ0v) is 37.1. The maximum Gasteiger partial charge on any atom is 0.0543 e. The molecule has 3 heterocycles. The highest BCUT2D eigenvalue weighted by Crippen LogP contribution is 2.46. The van der Waals surface area contributed by atoms with Gasteiger partial charge in [0.1, 0.15) is 0 Å². The number of allylic oxidation sites excluding steroid dienone is 1. The Morgan fingerprint density at radius 3 is 1.57 bits per heavy atom. The molecule has 12 aromatic rings. The topological polar surface area (TPSA) is 11.4 Å². The molecule has 13 rings (SSSR count). The molecule has 0 saturated heterocycles. The molecule has 0 saturated carbocycles. The molecule has 3 aromatic heterocycles. The van der Waals surface area contributed by atoms with Gasteiger partial charge in [-0.15, -0.1) is 22.7 Å². The van der Waals surface area contributed by atoms with Crippen LogP contribution in [0.2, 0.25) is 0 Å². The van der Waals surface area contributed by atoms with Gasteiger partial charge in [0.15, 0.2) is 0 Å². The summed E-state index contributed by atoms with van der Waals surface area (Å²) >= 11 is 3.73. The van der Waals surface area contributed by atoms with Crippen molar-refractivity contribution in [1.29, 1.82) is 0 Å². The molecule has 0 bridgehead atoms. The van der Waals surface area contributed by atoms with Gasteiger partial charge in [0.05, 0.1) is 5.52 Å². The summed E-state index contributed by atoms with van der Waals surface area (Å²) in [5, 5.41) is 6.45. The van der Waals surface area contributed by atoms with Crippen LogP contribution in [-0.4, -0.2) is 4.57 Å². The predicted molar refractivity (Wildman–Crippen MR) is 281 cm³/mol. The van der Waals surface area contributed by atoms with E-state index in [-0.39, 0.29) is 0 Å². The SMILES string of the molecule is C1=Cc2c(c3ccc(-c4ccc5sc6ccc(N(c7cccc(N(c8ccccc8)c8ccccc8)c7)c7ccc8sc9ccccc9c8c7)cc6c5c4)cc3n2-c2ccccc2)CC1. The Balaban J connectivity index is 0.976. The Hall–Kier alpha value is -7.70. The molecule has 0 amide bonds. The minimum atomic E-state index is 1.06. The van der Waals surface area contributed by atoms with Gasteiger partial charge in [0, 0.05) is 91.2 Å². The largest absolute Gasteiger partial charge is 0.310 e. The Morgan fingerprint density at radius 1 is 0.369 bits per heavy atom. The molecular formula is C60H41N3S2. The van der Waals surface area contributed by atoms with Crippen LogP contribution in [-0.2, 0) is 6.42 Å². The van der Waals surface area contributed by atoms with E-state index in [1.165, 1.54) is 79.3 Å². The van der Waals surface area contributed by atoms with E-state index < -0.39 is 0 Å². The quantitative estimate of drug-likeness (QED) is 0.151. The fourth-order valence-corrected chi connectivity index (χ4v) is 12.2. The predicted octanol–water partition coefficient (Wildman–Crippen LogP) is 17.9. The van der Waals surface area contributed by atoms with E-state index in [1.807, 2.05) is 22.7 Å². The second-order valence-corrected chi connectivity index (χ2v) is 19.0. The molecule has 0 unspecified atom stereocenters. The summed E-state index contributed by atoms with van der Waals surface area (Å²) in [4.78, 5) is 4.78. The first-order chi connectivity index (χ1) is 32.2. The highest BCUT2D eigenvalue weighted by atomic mass is 32.1. The van der Waals surface area contributed by atoms with Gasteiger partial charge in [0.25, 0.3) is 0 Å². The van der Waals surface area contributed by atoms with Crippen LogP contribution in [0.15, 0.2) is 218 Å². The van der Waals surface area contributed by atoms with Gasteiger partial charge in [-0.2, -0.15) is 0 Å². The van der Waals surface area contributed by atoms with Crippen molar-refractivity contribution in [3.8, 4) is 16.8 Å². The summed E-state index contributed by atoms with van der Waals surface area (Å²) in [6.07, 6.45) is 6.77. The van der Waals surface area contributed by atoms with E-state index in [4.69, 9.17) is 0 Å². The monoisotopic (exact) mass is 867 g/mol. The lowest BCUT2D eigenvalue weighted by molar-refractivity contribution is 0.967. The van der Waals surface area contributed by atoms with E-state index in [1.54, 1.807) is 0 Å². The number of benzene rings is 9. The summed E-state index contributed by atoms with van der Waals surface area (Å²) in [6, 6.07) is 78.0. The molecule has 0 spiro atoms. The highest BCUT2D eigenvalue weighted by Gasteiger charge is 2.22. The van der Waals surface area contributed by atoms with Crippen molar-refractivity contribution < 1.29 is 0 Å². The van der Waals surface area contributed by atoms with Crippen molar-refractivity contribution >= 4 is 114 Å². The molecular weight excluding hydrogens is 827 g/mol. The Kier molecular flexibility index (Phi) is 9.03. The van der Waals surface area contributed by atoms with Gasteiger partial charge in [-0.25, -0.2) is 0 Å². The zero-order chi connectivity index (χ0) is 42.8. The van der Waals surface area contributed by atoms with Crippen molar-refractivity contribution in [2.24, 2.45) is 0 Å². The van der Waals surface area contributed by atoms with Gasteiger partial charge < -0.3 is 14.4 Å². The molecule has 1 aliphatic rings.